The molecular formula is C21H23N3O5. The first kappa shape index (κ1) is 20.5. The number of carbonyl (C=O) groups is 4. The number of esters is 1. The number of rotatable bonds is 5. The molecule has 1 saturated carbocycles. The van der Waals surface area contributed by atoms with E-state index in [1.807, 2.05) is 0 Å². The molecule has 2 aliphatic rings. The van der Waals surface area contributed by atoms with Crippen LogP contribution in [0.5, 0.6) is 0 Å². The zero-order chi connectivity index (χ0) is 21.0. The molecule has 3 amide bonds. The number of imide groups is 1. The van der Waals surface area contributed by atoms with Gasteiger partial charge in [-0.15, -0.1) is 0 Å². The van der Waals surface area contributed by atoms with Crippen LogP contribution in [0.15, 0.2) is 24.3 Å². The normalized spacial score (nSPS) is 19.0. The molecule has 1 aromatic carbocycles. The zero-order valence-corrected chi connectivity index (χ0v) is 16.3. The summed E-state index contributed by atoms with van der Waals surface area (Å²) in [4.78, 5) is 50.3. The molecule has 3 rings (SSSR count). The van der Waals surface area contributed by atoms with E-state index < -0.39 is 41.9 Å². The van der Waals surface area contributed by atoms with Crippen LogP contribution in [0.1, 0.15) is 54.9 Å². The number of ether oxygens (including phenoxy) is 1. The topological polar surface area (TPSA) is 117 Å². The molecule has 0 unspecified atom stereocenters. The molecule has 152 valence electrons. The molecule has 8 heteroatoms. The Balaban J connectivity index is 1.59. The average molecular weight is 397 g/mol. The van der Waals surface area contributed by atoms with Gasteiger partial charge in [0.15, 0.2) is 6.10 Å². The fraction of sp³-hybridized carbons (Fsp3) is 0.476. The number of nitriles is 1. The first-order valence-corrected chi connectivity index (χ1v) is 9.70. The van der Waals surface area contributed by atoms with Crippen molar-refractivity contribution in [3.63, 3.8) is 0 Å². The van der Waals surface area contributed by atoms with Crippen LogP contribution < -0.4 is 5.32 Å². The number of hydrogen-bond acceptors (Lipinski definition) is 6. The second-order valence-corrected chi connectivity index (χ2v) is 7.49. The van der Waals surface area contributed by atoms with E-state index in [9.17, 15) is 24.4 Å². The van der Waals surface area contributed by atoms with Crippen molar-refractivity contribution in [3.05, 3.63) is 35.4 Å². The van der Waals surface area contributed by atoms with Gasteiger partial charge in [0.2, 0.25) is 5.91 Å². The van der Waals surface area contributed by atoms with Crippen molar-refractivity contribution in [2.24, 2.45) is 0 Å². The lowest BCUT2D eigenvalue weighted by Gasteiger charge is -2.32. The summed E-state index contributed by atoms with van der Waals surface area (Å²) in [6.45, 7) is 0.837. The van der Waals surface area contributed by atoms with E-state index in [4.69, 9.17) is 4.74 Å². The van der Waals surface area contributed by atoms with Gasteiger partial charge in [-0.25, -0.2) is 0 Å². The molecule has 8 nitrogen and oxygen atoms in total. The summed E-state index contributed by atoms with van der Waals surface area (Å²) in [5, 5.41) is 12.2. The van der Waals surface area contributed by atoms with Crippen LogP contribution in [0.3, 0.4) is 0 Å². The number of nitrogens with zero attached hydrogens (tertiary/aromatic N) is 2. The zero-order valence-electron chi connectivity index (χ0n) is 16.3. The van der Waals surface area contributed by atoms with Crippen molar-refractivity contribution in [2.75, 3.05) is 6.54 Å². The monoisotopic (exact) mass is 397 g/mol. The molecule has 1 aliphatic carbocycles. The molecule has 1 N–H and O–H groups in total. The predicted molar refractivity (Wildman–Crippen MR) is 101 cm³/mol. The minimum absolute atomic E-state index is 0.0237. The molecular weight excluding hydrogens is 374 g/mol. The van der Waals surface area contributed by atoms with Crippen molar-refractivity contribution in [3.8, 4) is 6.07 Å². The van der Waals surface area contributed by atoms with Gasteiger partial charge in [0.05, 0.1) is 12.5 Å². The lowest BCUT2D eigenvalue weighted by atomic mass is 9.83. The quantitative estimate of drug-likeness (QED) is 0.594. The summed E-state index contributed by atoms with van der Waals surface area (Å²) in [6.07, 6.45) is 2.72. The number of amides is 3. The minimum Gasteiger partial charge on any atom is -0.451 e. The van der Waals surface area contributed by atoms with Crippen molar-refractivity contribution >= 4 is 23.7 Å². The Labute approximate surface area is 168 Å². The van der Waals surface area contributed by atoms with E-state index >= 15 is 0 Å². The first-order valence-electron chi connectivity index (χ1n) is 9.70. The highest BCUT2D eigenvalue weighted by atomic mass is 16.5. The third kappa shape index (κ3) is 4.45. The van der Waals surface area contributed by atoms with E-state index in [1.165, 1.54) is 6.92 Å². The van der Waals surface area contributed by atoms with E-state index in [0.717, 1.165) is 24.2 Å². The lowest BCUT2D eigenvalue weighted by Crippen LogP contribution is -2.52. The minimum atomic E-state index is -1.14. The van der Waals surface area contributed by atoms with Crippen LogP contribution in [0, 0.1) is 11.3 Å². The smallest absolute Gasteiger partial charge is 0.326 e. The fourth-order valence-electron chi connectivity index (χ4n) is 3.73. The van der Waals surface area contributed by atoms with Crippen molar-refractivity contribution < 1.29 is 23.9 Å². The molecule has 29 heavy (non-hydrogen) atoms. The van der Waals surface area contributed by atoms with Crippen LogP contribution >= 0.6 is 0 Å². The maximum absolute atomic E-state index is 12.5. The highest BCUT2D eigenvalue weighted by Crippen LogP contribution is 2.27. The predicted octanol–water partition coefficient (Wildman–Crippen LogP) is 1.49. The number of nitrogens with one attached hydrogen (secondary N) is 1. The van der Waals surface area contributed by atoms with Gasteiger partial charge in [-0.1, -0.05) is 37.5 Å². The average Bonchev–Trinajstić information content (AvgIpc) is 2.71. The standard InChI is InChI=1S/C21H23N3O5/c1-14(19(27)23-21(13-22)9-5-2-6-10-21)29-18(26)12-24-17(25)11-15-7-3-4-8-16(15)20(24)28/h3-4,7-8,14H,2,5-6,9-12H2,1H3,(H,23,27)/t14-/m1/s1. The molecule has 1 aromatic rings. The summed E-state index contributed by atoms with van der Waals surface area (Å²) >= 11 is 0. The van der Waals surface area contributed by atoms with E-state index in [1.54, 1.807) is 24.3 Å². The van der Waals surface area contributed by atoms with E-state index in [2.05, 4.69) is 11.4 Å². The van der Waals surface area contributed by atoms with Gasteiger partial charge in [0.1, 0.15) is 12.1 Å². The van der Waals surface area contributed by atoms with Crippen molar-refractivity contribution in [1.29, 1.82) is 5.26 Å². The second-order valence-electron chi connectivity index (χ2n) is 7.49. The van der Waals surface area contributed by atoms with E-state index in [-0.39, 0.29) is 6.42 Å². The molecule has 0 saturated heterocycles. The largest absolute Gasteiger partial charge is 0.451 e. The van der Waals surface area contributed by atoms with Crippen molar-refractivity contribution in [1.82, 2.24) is 10.2 Å². The Hall–Kier alpha value is -3.21. The molecule has 1 fully saturated rings. The Morgan fingerprint density at radius 1 is 1.24 bits per heavy atom. The van der Waals surface area contributed by atoms with Crippen LogP contribution in [-0.4, -0.2) is 46.8 Å². The number of hydrogen-bond donors (Lipinski definition) is 1. The number of carbonyl (C=O) groups excluding carboxylic acids is 4. The van der Waals surface area contributed by atoms with Crippen molar-refractivity contribution in [2.45, 2.75) is 57.1 Å². The van der Waals surface area contributed by atoms with Gasteiger partial charge in [0.25, 0.3) is 11.8 Å². The molecule has 0 bridgehead atoms. The van der Waals surface area contributed by atoms with Crippen LogP contribution in [-0.2, 0) is 25.5 Å². The maximum atomic E-state index is 12.5. The Bertz CT molecular complexity index is 883. The first-order chi connectivity index (χ1) is 13.8. The Kier molecular flexibility index (Phi) is 5.97. The summed E-state index contributed by atoms with van der Waals surface area (Å²) in [6, 6.07) is 8.90. The van der Waals surface area contributed by atoms with Gasteiger partial charge in [0, 0.05) is 5.56 Å². The van der Waals surface area contributed by atoms with Crippen LogP contribution in [0.25, 0.3) is 0 Å². The van der Waals surface area contributed by atoms with E-state index in [0.29, 0.717) is 24.0 Å². The van der Waals surface area contributed by atoms with Gasteiger partial charge < -0.3 is 10.1 Å². The highest BCUT2D eigenvalue weighted by molar-refractivity contribution is 6.11. The fourth-order valence-corrected chi connectivity index (χ4v) is 3.73. The lowest BCUT2D eigenvalue weighted by molar-refractivity contribution is -0.157. The van der Waals surface area contributed by atoms with Gasteiger partial charge in [-0.3, -0.25) is 24.1 Å². The summed E-state index contributed by atoms with van der Waals surface area (Å²) in [5.74, 6) is -2.48. The second kappa shape index (κ2) is 8.43. The molecule has 0 aromatic heterocycles. The molecule has 1 aliphatic heterocycles. The van der Waals surface area contributed by atoms with Crippen LogP contribution in [0.4, 0.5) is 0 Å². The third-order valence-electron chi connectivity index (χ3n) is 5.38. The summed E-state index contributed by atoms with van der Waals surface area (Å²) in [7, 11) is 0. The molecule has 0 radical (unpaired) electrons. The summed E-state index contributed by atoms with van der Waals surface area (Å²) < 4.78 is 5.12. The molecule has 1 atom stereocenters. The number of fused-ring (bicyclic) bond motifs is 1. The summed E-state index contributed by atoms with van der Waals surface area (Å²) in [5.41, 5.74) is 0.0616. The van der Waals surface area contributed by atoms with Crippen LogP contribution in [0.2, 0.25) is 0 Å². The Morgan fingerprint density at radius 2 is 1.93 bits per heavy atom. The molecule has 0 spiro atoms. The maximum Gasteiger partial charge on any atom is 0.326 e. The van der Waals surface area contributed by atoms with Gasteiger partial charge in [-0.05, 0) is 31.4 Å². The van der Waals surface area contributed by atoms with Gasteiger partial charge in [-0.2, -0.15) is 5.26 Å². The molecule has 1 heterocycles. The Morgan fingerprint density at radius 3 is 2.62 bits per heavy atom. The highest BCUT2D eigenvalue weighted by Gasteiger charge is 2.36. The number of benzene rings is 1. The SMILES string of the molecule is C[C@@H](OC(=O)CN1C(=O)Cc2ccccc2C1=O)C(=O)NC1(C#N)CCCCC1. The van der Waals surface area contributed by atoms with Gasteiger partial charge >= 0.3 is 5.97 Å². The third-order valence-corrected chi connectivity index (χ3v) is 5.38.